The molecule has 0 radical (unpaired) electrons. The van der Waals surface area contributed by atoms with Gasteiger partial charge in [-0.1, -0.05) is 6.07 Å². The zero-order valence-electron chi connectivity index (χ0n) is 13.0. The zero-order chi connectivity index (χ0) is 17.5. The van der Waals surface area contributed by atoms with Crippen LogP contribution in [-0.4, -0.2) is 23.3 Å². The number of carbonyl (C=O) groups is 2. The second-order valence-electron chi connectivity index (χ2n) is 5.02. The molecule has 7 nitrogen and oxygen atoms in total. The quantitative estimate of drug-likeness (QED) is 0.272. The lowest BCUT2D eigenvalue weighted by Crippen LogP contribution is -2.24. The van der Waals surface area contributed by atoms with Gasteiger partial charge in [-0.25, -0.2) is 0 Å². The molecule has 2 aromatic rings. The maximum Gasteiger partial charge on any atom is 0.311 e. The molecule has 8 heteroatoms. The van der Waals surface area contributed by atoms with E-state index in [4.69, 9.17) is 4.74 Å². The van der Waals surface area contributed by atoms with Gasteiger partial charge in [0.1, 0.15) is 5.75 Å². The number of hydrogen-bond donors (Lipinski definition) is 1. The number of nitrogens with zero attached hydrogens (tertiary/aromatic N) is 1. The van der Waals surface area contributed by atoms with Crippen LogP contribution in [0.25, 0.3) is 0 Å². The third kappa shape index (κ3) is 4.88. The van der Waals surface area contributed by atoms with Crippen molar-refractivity contribution in [3.8, 4) is 5.75 Å². The highest BCUT2D eigenvalue weighted by molar-refractivity contribution is 7.12. The molecule has 0 aliphatic carbocycles. The highest BCUT2D eigenvalue weighted by Crippen LogP contribution is 2.23. The first-order valence-electron chi connectivity index (χ1n) is 7.25. The summed E-state index contributed by atoms with van der Waals surface area (Å²) in [5, 5.41) is 15.3. The first-order chi connectivity index (χ1) is 11.5. The molecule has 0 saturated carbocycles. The van der Waals surface area contributed by atoms with Crippen LogP contribution < -0.4 is 10.1 Å². The lowest BCUT2D eigenvalue weighted by atomic mass is 10.2. The van der Waals surface area contributed by atoms with Crippen LogP contribution in [0.1, 0.15) is 28.1 Å². The van der Waals surface area contributed by atoms with Gasteiger partial charge in [0.2, 0.25) is 0 Å². The number of esters is 1. The van der Waals surface area contributed by atoms with E-state index < -0.39 is 10.9 Å². The Morgan fingerprint density at radius 3 is 2.75 bits per heavy atom. The summed E-state index contributed by atoms with van der Waals surface area (Å²) in [5.74, 6) is -0.344. The summed E-state index contributed by atoms with van der Waals surface area (Å²) in [6.07, 6.45) is 0.586. The predicted molar refractivity (Wildman–Crippen MR) is 89.4 cm³/mol. The first-order valence-corrected chi connectivity index (χ1v) is 8.13. The number of rotatable bonds is 7. The average molecular weight is 348 g/mol. The fourth-order valence-electron chi connectivity index (χ4n) is 2.01. The van der Waals surface area contributed by atoms with Gasteiger partial charge >= 0.3 is 5.97 Å². The minimum Gasteiger partial charge on any atom is -0.427 e. The number of benzene rings is 1. The number of nitrogens with one attached hydrogen (secondary N) is 1. The van der Waals surface area contributed by atoms with E-state index >= 15 is 0 Å². The standard InChI is InChI=1S/C16H16N2O5S/c1-11-10-12(6-7-13(11)18(21)22)23-15(19)5-2-8-17-16(20)14-4-3-9-24-14/h3-4,6-7,9-10H,2,5,8H2,1H3,(H,17,20). The summed E-state index contributed by atoms with van der Waals surface area (Å²) in [5.41, 5.74) is 0.402. The van der Waals surface area contributed by atoms with Crippen molar-refractivity contribution in [1.82, 2.24) is 5.32 Å². The Morgan fingerprint density at radius 1 is 1.33 bits per heavy atom. The van der Waals surface area contributed by atoms with E-state index in [1.54, 1.807) is 19.1 Å². The molecule has 1 aromatic heterocycles. The Hall–Kier alpha value is -2.74. The fraction of sp³-hybridized carbons (Fsp3) is 0.250. The summed E-state index contributed by atoms with van der Waals surface area (Å²) in [6, 6.07) is 7.67. The van der Waals surface area contributed by atoms with Crippen LogP contribution >= 0.6 is 11.3 Å². The largest absolute Gasteiger partial charge is 0.427 e. The molecule has 1 amide bonds. The molecule has 0 aliphatic rings. The van der Waals surface area contributed by atoms with E-state index in [1.807, 2.05) is 5.38 Å². The maximum atomic E-state index is 11.7. The van der Waals surface area contributed by atoms with Gasteiger partial charge in [0, 0.05) is 24.6 Å². The fourth-order valence-corrected chi connectivity index (χ4v) is 2.65. The molecule has 1 heterocycles. The van der Waals surface area contributed by atoms with E-state index in [0.717, 1.165) is 0 Å². The smallest absolute Gasteiger partial charge is 0.311 e. The molecule has 0 fully saturated rings. The Bertz CT molecular complexity index is 743. The molecule has 24 heavy (non-hydrogen) atoms. The third-order valence-corrected chi connectivity index (χ3v) is 4.05. The molecule has 0 unspecified atom stereocenters. The minimum absolute atomic E-state index is 0.0221. The number of aryl methyl sites for hydroxylation is 1. The van der Waals surface area contributed by atoms with Crippen LogP contribution in [0.4, 0.5) is 5.69 Å². The molecule has 0 atom stereocenters. The third-order valence-electron chi connectivity index (χ3n) is 3.18. The van der Waals surface area contributed by atoms with Crippen molar-refractivity contribution in [3.63, 3.8) is 0 Å². The highest BCUT2D eigenvalue weighted by atomic mass is 32.1. The second-order valence-corrected chi connectivity index (χ2v) is 5.96. The Morgan fingerprint density at radius 2 is 2.12 bits per heavy atom. The zero-order valence-corrected chi connectivity index (χ0v) is 13.8. The molecule has 0 aliphatic heterocycles. The van der Waals surface area contributed by atoms with Gasteiger partial charge in [-0.3, -0.25) is 19.7 Å². The van der Waals surface area contributed by atoms with Crippen molar-refractivity contribution < 1.29 is 19.2 Å². The van der Waals surface area contributed by atoms with Crippen molar-refractivity contribution >= 4 is 28.9 Å². The van der Waals surface area contributed by atoms with Gasteiger partial charge in [-0.05, 0) is 36.9 Å². The topological polar surface area (TPSA) is 98.5 Å². The van der Waals surface area contributed by atoms with E-state index in [-0.39, 0.29) is 23.8 Å². The molecule has 0 spiro atoms. The van der Waals surface area contributed by atoms with Crippen LogP contribution in [-0.2, 0) is 4.79 Å². The Balaban J connectivity index is 1.74. The van der Waals surface area contributed by atoms with Crippen LogP contribution in [0, 0.1) is 17.0 Å². The number of thiophene rings is 1. The summed E-state index contributed by atoms with van der Waals surface area (Å²) in [6.45, 7) is 1.95. The molecule has 2 rings (SSSR count). The van der Waals surface area contributed by atoms with Gasteiger partial charge in [0.15, 0.2) is 0 Å². The highest BCUT2D eigenvalue weighted by Gasteiger charge is 2.13. The SMILES string of the molecule is Cc1cc(OC(=O)CCCNC(=O)c2cccs2)ccc1[N+](=O)[O-]. The lowest BCUT2D eigenvalue weighted by molar-refractivity contribution is -0.385. The number of carbonyl (C=O) groups excluding carboxylic acids is 2. The van der Waals surface area contributed by atoms with Gasteiger partial charge < -0.3 is 10.1 Å². The van der Waals surface area contributed by atoms with Crippen LogP contribution in [0.2, 0.25) is 0 Å². The summed E-state index contributed by atoms with van der Waals surface area (Å²) < 4.78 is 5.14. The molecule has 1 aromatic carbocycles. The predicted octanol–water partition coefficient (Wildman–Crippen LogP) is 3.08. The molecule has 0 saturated heterocycles. The van der Waals surface area contributed by atoms with Gasteiger partial charge in [-0.2, -0.15) is 0 Å². The summed E-state index contributed by atoms with van der Waals surface area (Å²) in [7, 11) is 0. The van der Waals surface area contributed by atoms with Crippen LogP contribution in [0.5, 0.6) is 5.75 Å². The first kappa shape index (κ1) is 17.6. The van der Waals surface area contributed by atoms with E-state index in [9.17, 15) is 19.7 Å². The maximum absolute atomic E-state index is 11.7. The number of ether oxygens (including phenoxy) is 1. The average Bonchev–Trinajstić information content (AvgIpc) is 3.05. The lowest BCUT2D eigenvalue weighted by Gasteiger charge is -2.06. The second kappa shape index (κ2) is 8.21. The molecular formula is C16H16N2O5S. The number of amides is 1. The van der Waals surface area contributed by atoms with Gasteiger partial charge in [0.25, 0.3) is 11.6 Å². The van der Waals surface area contributed by atoms with E-state index in [0.29, 0.717) is 23.4 Å². The molecular weight excluding hydrogens is 332 g/mol. The molecule has 1 N–H and O–H groups in total. The Kier molecular flexibility index (Phi) is 6.02. The van der Waals surface area contributed by atoms with Gasteiger partial charge in [0.05, 0.1) is 9.80 Å². The molecule has 0 bridgehead atoms. The van der Waals surface area contributed by atoms with E-state index in [2.05, 4.69) is 5.32 Å². The molecule has 126 valence electrons. The van der Waals surface area contributed by atoms with Crippen molar-refractivity contribution in [1.29, 1.82) is 0 Å². The van der Waals surface area contributed by atoms with Crippen LogP contribution in [0.3, 0.4) is 0 Å². The van der Waals surface area contributed by atoms with Crippen molar-refractivity contribution in [2.75, 3.05) is 6.54 Å². The summed E-state index contributed by atoms with van der Waals surface area (Å²) in [4.78, 5) is 34.3. The minimum atomic E-state index is -0.489. The van der Waals surface area contributed by atoms with Gasteiger partial charge in [-0.15, -0.1) is 11.3 Å². The van der Waals surface area contributed by atoms with Crippen molar-refractivity contribution in [2.45, 2.75) is 19.8 Å². The van der Waals surface area contributed by atoms with E-state index in [1.165, 1.54) is 29.5 Å². The van der Waals surface area contributed by atoms with Crippen LogP contribution in [0.15, 0.2) is 35.7 Å². The number of nitro groups is 1. The normalized spacial score (nSPS) is 10.2. The monoisotopic (exact) mass is 348 g/mol. The number of hydrogen-bond acceptors (Lipinski definition) is 6. The number of nitro benzene ring substituents is 1. The Labute approximate surface area is 142 Å². The summed E-state index contributed by atoms with van der Waals surface area (Å²) >= 11 is 1.35. The van der Waals surface area contributed by atoms with Crippen molar-refractivity contribution in [2.24, 2.45) is 0 Å². The van der Waals surface area contributed by atoms with Crippen molar-refractivity contribution in [3.05, 3.63) is 56.3 Å².